The van der Waals surface area contributed by atoms with Gasteiger partial charge in [0.1, 0.15) is 5.75 Å². The smallest absolute Gasteiger partial charge is 0.242 e. The van der Waals surface area contributed by atoms with E-state index in [2.05, 4.69) is 5.32 Å². The van der Waals surface area contributed by atoms with Crippen molar-refractivity contribution in [3.8, 4) is 5.75 Å². The average molecular weight is 391 g/mol. The summed E-state index contributed by atoms with van der Waals surface area (Å²) in [6.07, 6.45) is 0.190. The minimum absolute atomic E-state index is 0.144. The zero-order valence-corrected chi connectivity index (χ0v) is 17.0. The second kappa shape index (κ2) is 9.01. The highest BCUT2D eigenvalue weighted by molar-refractivity contribution is 7.89. The van der Waals surface area contributed by atoms with E-state index in [9.17, 15) is 13.2 Å². The SMILES string of the molecule is Cc1ccc(OCCC(=O)NCc2ccccc2S(=O)(=O)N(C)C)c(C)c1. The molecule has 0 spiro atoms. The Morgan fingerprint density at radius 3 is 2.48 bits per heavy atom. The van der Waals surface area contributed by atoms with E-state index in [4.69, 9.17) is 4.74 Å². The first kappa shape index (κ1) is 20.9. The summed E-state index contributed by atoms with van der Waals surface area (Å²) in [5.74, 6) is 0.563. The van der Waals surface area contributed by atoms with Gasteiger partial charge in [0.05, 0.1) is 17.9 Å². The molecule has 2 aromatic rings. The molecule has 7 heteroatoms. The summed E-state index contributed by atoms with van der Waals surface area (Å²) in [7, 11) is -0.597. The fourth-order valence-electron chi connectivity index (χ4n) is 2.60. The van der Waals surface area contributed by atoms with Gasteiger partial charge in [-0.05, 0) is 37.1 Å². The standard InChI is InChI=1S/C20H26N2O4S/c1-15-9-10-18(16(2)13-15)26-12-11-20(23)21-14-17-7-5-6-8-19(17)27(24,25)22(3)4/h5-10,13H,11-12,14H2,1-4H3,(H,21,23). The molecule has 0 heterocycles. The highest BCUT2D eigenvalue weighted by Crippen LogP contribution is 2.19. The molecule has 2 aromatic carbocycles. The lowest BCUT2D eigenvalue weighted by Crippen LogP contribution is -2.27. The lowest BCUT2D eigenvalue weighted by molar-refractivity contribution is -0.121. The summed E-state index contributed by atoms with van der Waals surface area (Å²) in [6, 6.07) is 12.5. The van der Waals surface area contributed by atoms with Gasteiger partial charge in [0.25, 0.3) is 0 Å². The zero-order chi connectivity index (χ0) is 20.0. The van der Waals surface area contributed by atoms with E-state index in [1.165, 1.54) is 14.1 Å². The maximum atomic E-state index is 12.4. The Hall–Kier alpha value is -2.38. The number of ether oxygens (including phenoxy) is 1. The molecular weight excluding hydrogens is 364 g/mol. The van der Waals surface area contributed by atoms with Crippen molar-refractivity contribution in [3.63, 3.8) is 0 Å². The molecule has 2 rings (SSSR count). The molecule has 1 amide bonds. The Labute approximate surface area is 161 Å². The third-order valence-corrected chi connectivity index (χ3v) is 6.04. The lowest BCUT2D eigenvalue weighted by Gasteiger charge is -2.15. The van der Waals surface area contributed by atoms with Crippen molar-refractivity contribution < 1.29 is 17.9 Å². The second-order valence-corrected chi connectivity index (χ2v) is 8.66. The van der Waals surface area contributed by atoms with E-state index in [1.807, 2.05) is 32.0 Å². The van der Waals surface area contributed by atoms with Crippen molar-refractivity contribution in [2.24, 2.45) is 0 Å². The summed E-state index contributed by atoms with van der Waals surface area (Å²) >= 11 is 0. The van der Waals surface area contributed by atoms with Crippen LogP contribution in [0.15, 0.2) is 47.4 Å². The van der Waals surface area contributed by atoms with Gasteiger partial charge in [-0.3, -0.25) is 4.79 Å². The van der Waals surface area contributed by atoms with Gasteiger partial charge in [0.15, 0.2) is 0 Å². The molecule has 0 aliphatic rings. The van der Waals surface area contributed by atoms with Gasteiger partial charge in [0, 0.05) is 20.6 Å². The van der Waals surface area contributed by atoms with Crippen molar-refractivity contribution >= 4 is 15.9 Å². The average Bonchev–Trinajstić information content (AvgIpc) is 2.62. The number of hydrogen-bond acceptors (Lipinski definition) is 4. The third kappa shape index (κ3) is 5.55. The summed E-state index contributed by atoms with van der Waals surface area (Å²) in [6.45, 7) is 4.38. The Kier molecular flexibility index (Phi) is 6.98. The number of amides is 1. The molecule has 0 bridgehead atoms. The predicted octanol–water partition coefficient (Wildman–Crippen LogP) is 2.64. The molecule has 0 radical (unpaired) electrons. The Bertz CT molecular complexity index is 908. The molecule has 6 nitrogen and oxygen atoms in total. The van der Waals surface area contributed by atoms with Crippen molar-refractivity contribution in [2.75, 3.05) is 20.7 Å². The minimum atomic E-state index is -3.56. The van der Waals surface area contributed by atoms with Gasteiger partial charge in [0.2, 0.25) is 15.9 Å². The van der Waals surface area contributed by atoms with Crippen LogP contribution in [0.5, 0.6) is 5.75 Å². The van der Waals surface area contributed by atoms with E-state index in [-0.39, 0.29) is 30.4 Å². The van der Waals surface area contributed by atoms with E-state index in [0.29, 0.717) is 5.56 Å². The largest absolute Gasteiger partial charge is 0.493 e. The molecule has 27 heavy (non-hydrogen) atoms. The molecule has 146 valence electrons. The number of nitrogens with one attached hydrogen (secondary N) is 1. The summed E-state index contributed by atoms with van der Waals surface area (Å²) in [4.78, 5) is 12.3. The van der Waals surface area contributed by atoms with Crippen molar-refractivity contribution in [3.05, 3.63) is 59.2 Å². The third-order valence-electron chi connectivity index (χ3n) is 4.12. The van der Waals surface area contributed by atoms with E-state index >= 15 is 0 Å². The molecular formula is C20H26N2O4S. The maximum Gasteiger partial charge on any atom is 0.242 e. The first-order chi connectivity index (χ1) is 12.7. The van der Waals surface area contributed by atoms with E-state index in [0.717, 1.165) is 21.2 Å². The fourth-order valence-corrected chi connectivity index (χ4v) is 3.71. The molecule has 0 fully saturated rings. The van der Waals surface area contributed by atoms with Crippen LogP contribution < -0.4 is 10.1 Å². The van der Waals surface area contributed by atoms with Gasteiger partial charge >= 0.3 is 0 Å². The number of rotatable bonds is 8. The molecule has 1 N–H and O–H groups in total. The minimum Gasteiger partial charge on any atom is -0.493 e. The van der Waals surface area contributed by atoms with Crippen LogP contribution in [0.2, 0.25) is 0 Å². The summed E-state index contributed by atoms with van der Waals surface area (Å²) in [5.41, 5.74) is 2.73. The van der Waals surface area contributed by atoms with Crippen LogP contribution >= 0.6 is 0 Å². The van der Waals surface area contributed by atoms with Crippen LogP contribution in [-0.2, 0) is 21.4 Å². The number of nitrogens with zero attached hydrogens (tertiary/aromatic N) is 1. The van der Waals surface area contributed by atoms with Crippen LogP contribution in [0, 0.1) is 13.8 Å². The van der Waals surface area contributed by atoms with Crippen LogP contribution in [-0.4, -0.2) is 39.3 Å². The van der Waals surface area contributed by atoms with Gasteiger partial charge in [-0.2, -0.15) is 0 Å². The predicted molar refractivity (Wildman–Crippen MR) is 105 cm³/mol. The number of carbonyl (C=O) groups excluding carboxylic acids is 1. The number of benzene rings is 2. The van der Waals surface area contributed by atoms with Crippen LogP contribution in [0.25, 0.3) is 0 Å². The van der Waals surface area contributed by atoms with Gasteiger partial charge in [-0.1, -0.05) is 35.9 Å². The second-order valence-electron chi connectivity index (χ2n) is 6.54. The van der Waals surface area contributed by atoms with Crippen molar-refractivity contribution in [1.29, 1.82) is 0 Å². The lowest BCUT2D eigenvalue weighted by atomic mass is 10.1. The van der Waals surface area contributed by atoms with Gasteiger partial charge in [-0.15, -0.1) is 0 Å². The molecule has 0 saturated heterocycles. The summed E-state index contributed by atoms with van der Waals surface area (Å²) < 4.78 is 31.6. The Morgan fingerprint density at radius 1 is 1.11 bits per heavy atom. The Morgan fingerprint density at radius 2 is 1.81 bits per heavy atom. The molecule has 0 aromatic heterocycles. The number of carbonyl (C=O) groups is 1. The van der Waals surface area contributed by atoms with Crippen molar-refractivity contribution in [1.82, 2.24) is 9.62 Å². The van der Waals surface area contributed by atoms with Gasteiger partial charge < -0.3 is 10.1 Å². The van der Waals surface area contributed by atoms with Gasteiger partial charge in [-0.25, -0.2) is 12.7 Å². The number of aryl methyl sites for hydroxylation is 2. The number of hydrogen-bond donors (Lipinski definition) is 1. The maximum absolute atomic E-state index is 12.4. The Balaban J connectivity index is 1.91. The van der Waals surface area contributed by atoms with Crippen molar-refractivity contribution in [2.45, 2.75) is 31.7 Å². The zero-order valence-electron chi connectivity index (χ0n) is 16.2. The highest BCUT2D eigenvalue weighted by Gasteiger charge is 2.20. The molecule has 0 saturated carbocycles. The normalized spacial score (nSPS) is 11.4. The molecule has 0 unspecified atom stereocenters. The first-order valence-corrected chi connectivity index (χ1v) is 10.1. The topological polar surface area (TPSA) is 75.7 Å². The molecule has 0 aliphatic carbocycles. The first-order valence-electron chi connectivity index (χ1n) is 8.69. The summed E-state index contributed by atoms with van der Waals surface area (Å²) in [5, 5.41) is 2.76. The van der Waals surface area contributed by atoms with Crippen LogP contribution in [0.1, 0.15) is 23.1 Å². The molecule has 0 atom stereocenters. The quantitative estimate of drug-likeness (QED) is 0.752. The van der Waals surface area contributed by atoms with E-state index < -0.39 is 10.0 Å². The van der Waals surface area contributed by atoms with E-state index in [1.54, 1.807) is 24.3 Å². The van der Waals surface area contributed by atoms with Crippen LogP contribution in [0.4, 0.5) is 0 Å². The number of sulfonamides is 1. The fraction of sp³-hybridized carbons (Fsp3) is 0.350. The monoisotopic (exact) mass is 390 g/mol. The van der Waals surface area contributed by atoms with Crippen LogP contribution in [0.3, 0.4) is 0 Å². The highest BCUT2D eigenvalue weighted by atomic mass is 32.2. The molecule has 0 aliphatic heterocycles.